The van der Waals surface area contributed by atoms with Crippen LogP contribution < -0.4 is 0 Å². The van der Waals surface area contributed by atoms with E-state index < -0.39 is 0 Å². The van der Waals surface area contributed by atoms with Crippen LogP contribution in [-0.2, 0) is 11.8 Å². The summed E-state index contributed by atoms with van der Waals surface area (Å²) in [6, 6.07) is 9.16. The van der Waals surface area contributed by atoms with E-state index in [4.69, 9.17) is 0 Å². The van der Waals surface area contributed by atoms with Gasteiger partial charge in [-0.15, -0.1) is 0 Å². The highest BCUT2D eigenvalue weighted by Gasteiger charge is 2.38. The average Bonchev–Trinajstić information content (AvgIpc) is 2.92. The lowest BCUT2D eigenvalue weighted by Crippen LogP contribution is -2.27. The van der Waals surface area contributed by atoms with Crippen molar-refractivity contribution in [3.63, 3.8) is 0 Å². The van der Waals surface area contributed by atoms with Crippen LogP contribution in [0.4, 0.5) is 0 Å². The molecule has 0 heterocycles. The van der Waals surface area contributed by atoms with E-state index in [0.29, 0.717) is 5.41 Å². The van der Waals surface area contributed by atoms with E-state index in [1.54, 1.807) is 11.1 Å². The van der Waals surface area contributed by atoms with Crippen LogP contribution in [0.15, 0.2) is 24.3 Å². The van der Waals surface area contributed by atoms with Gasteiger partial charge in [0.1, 0.15) is 0 Å². The molecule has 0 bridgehead atoms. The fraction of sp³-hybridized carbons (Fsp3) is 0.684. The minimum absolute atomic E-state index is 0.606. The molecule has 1 fully saturated rings. The van der Waals surface area contributed by atoms with Crippen LogP contribution in [0.3, 0.4) is 0 Å². The Morgan fingerprint density at radius 3 is 2.05 bits per heavy atom. The monoisotopic (exact) mass is 260 g/mol. The summed E-state index contributed by atoms with van der Waals surface area (Å²) < 4.78 is 0. The molecule has 1 saturated carbocycles. The minimum Gasteiger partial charge on any atom is -0.0683 e. The number of aryl methyl sites for hydroxylation is 1. The number of hydrogen-bond donors (Lipinski definition) is 0. The summed E-state index contributed by atoms with van der Waals surface area (Å²) in [6.07, 6.45) is 11.2. The Balaban J connectivity index is 0.000000321. The van der Waals surface area contributed by atoms with Crippen LogP contribution >= 0.6 is 0 Å². The van der Waals surface area contributed by atoms with E-state index in [0.717, 1.165) is 0 Å². The molecule has 0 heteroatoms. The number of benzene rings is 1. The Kier molecular flexibility index (Phi) is 7.20. The maximum absolute atomic E-state index is 2.39. The van der Waals surface area contributed by atoms with Crippen LogP contribution in [0.2, 0.25) is 0 Å². The van der Waals surface area contributed by atoms with E-state index >= 15 is 0 Å². The lowest BCUT2D eigenvalue weighted by Gasteiger charge is -2.35. The molecule has 0 nitrogen and oxygen atoms in total. The summed E-state index contributed by atoms with van der Waals surface area (Å²) in [5, 5.41) is 0. The Labute approximate surface area is 120 Å². The quantitative estimate of drug-likeness (QED) is 0.515. The number of rotatable bonds is 0. The number of hydrogen-bond acceptors (Lipinski definition) is 0. The molecule has 0 radical (unpaired) electrons. The van der Waals surface area contributed by atoms with E-state index in [1.165, 1.54) is 51.4 Å². The van der Waals surface area contributed by atoms with E-state index in [2.05, 4.69) is 38.1 Å². The maximum atomic E-state index is 2.39. The third-order valence-corrected chi connectivity index (χ3v) is 4.25. The van der Waals surface area contributed by atoms with Gasteiger partial charge in [-0.25, -0.2) is 0 Å². The molecule has 1 aromatic carbocycles. The molecule has 108 valence electrons. The van der Waals surface area contributed by atoms with Crippen molar-refractivity contribution in [1.82, 2.24) is 0 Å². The maximum Gasteiger partial charge on any atom is -0.00441 e. The molecular weight excluding hydrogens is 228 g/mol. The Morgan fingerprint density at radius 1 is 0.895 bits per heavy atom. The van der Waals surface area contributed by atoms with Gasteiger partial charge in [0.2, 0.25) is 0 Å². The molecule has 0 aromatic heterocycles. The van der Waals surface area contributed by atoms with Gasteiger partial charge in [0.25, 0.3) is 0 Å². The Hall–Kier alpha value is -0.780. The lowest BCUT2D eigenvalue weighted by atomic mass is 9.69. The summed E-state index contributed by atoms with van der Waals surface area (Å²) in [5.41, 5.74) is 3.94. The molecule has 0 aliphatic heterocycles. The smallest absolute Gasteiger partial charge is 0.00441 e. The van der Waals surface area contributed by atoms with Crippen molar-refractivity contribution in [3.05, 3.63) is 35.4 Å². The molecule has 0 atom stereocenters. The van der Waals surface area contributed by atoms with Crippen LogP contribution in [0, 0.1) is 0 Å². The molecular formula is C19H32. The molecule has 3 rings (SSSR count). The first-order valence-electron chi connectivity index (χ1n) is 8.41. The van der Waals surface area contributed by atoms with Crippen molar-refractivity contribution in [2.24, 2.45) is 0 Å². The van der Waals surface area contributed by atoms with Gasteiger partial charge in [0.05, 0.1) is 0 Å². The zero-order chi connectivity index (χ0) is 14.1. The van der Waals surface area contributed by atoms with Crippen LogP contribution in [-0.4, -0.2) is 0 Å². The fourth-order valence-corrected chi connectivity index (χ4v) is 3.58. The SMILES string of the molecule is CC.CCC.c1ccc2c(c1)CCCC21CCCC1. The largest absolute Gasteiger partial charge is 0.0683 e. The summed E-state index contributed by atoms with van der Waals surface area (Å²) in [4.78, 5) is 0. The fourth-order valence-electron chi connectivity index (χ4n) is 3.58. The summed E-state index contributed by atoms with van der Waals surface area (Å²) in [6.45, 7) is 8.25. The standard InChI is InChI=1S/C14H18.C3H8.C2H6/c1-2-8-13-12(6-1)7-5-11-14(13)9-3-4-10-14;1-3-2;1-2/h1-2,6,8H,3-5,7,9-11H2;3H2,1-2H3;1-2H3. The second-order valence-corrected chi connectivity index (χ2v) is 5.71. The molecule has 2 aliphatic rings. The van der Waals surface area contributed by atoms with Gasteiger partial charge in [-0.05, 0) is 48.6 Å². The second kappa shape index (κ2) is 8.40. The molecule has 1 spiro atoms. The molecule has 0 unspecified atom stereocenters. The highest BCUT2D eigenvalue weighted by molar-refractivity contribution is 5.37. The summed E-state index contributed by atoms with van der Waals surface area (Å²) in [5.74, 6) is 0. The van der Waals surface area contributed by atoms with Crippen molar-refractivity contribution in [1.29, 1.82) is 0 Å². The van der Waals surface area contributed by atoms with Crippen molar-refractivity contribution in [2.75, 3.05) is 0 Å². The van der Waals surface area contributed by atoms with Gasteiger partial charge < -0.3 is 0 Å². The third kappa shape index (κ3) is 3.84. The first-order valence-corrected chi connectivity index (χ1v) is 8.41. The lowest BCUT2D eigenvalue weighted by molar-refractivity contribution is 0.369. The topological polar surface area (TPSA) is 0 Å². The normalized spacial score (nSPS) is 18.7. The summed E-state index contributed by atoms with van der Waals surface area (Å²) >= 11 is 0. The van der Waals surface area contributed by atoms with Crippen molar-refractivity contribution in [3.8, 4) is 0 Å². The third-order valence-electron chi connectivity index (χ3n) is 4.25. The van der Waals surface area contributed by atoms with Gasteiger partial charge in [-0.3, -0.25) is 0 Å². The zero-order valence-corrected chi connectivity index (χ0v) is 13.5. The molecule has 1 aromatic rings. The molecule has 19 heavy (non-hydrogen) atoms. The molecule has 0 N–H and O–H groups in total. The Bertz CT molecular complexity index is 345. The van der Waals surface area contributed by atoms with Crippen molar-refractivity contribution in [2.45, 2.75) is 84.5 Å². The van der Waals surface area contributed by atoms with Gasteiger partial charge in [0, 0.05) is 0 Å². The molecule has 0 saturated heterocycles. The first-order chi connectivity index (χ1) is 9.32. The van der Waals surface area contributed by atoms with Gasteiger partial charge in [-0.2, -0.15) is 0 Å². The van der Waals surface area contributed by atoms with E-state index in [9.17, 15) is 0 Å². The first kappa shape index (κ1) is 16.3. The zero-order valence-electron chi connectivity index (χ0n) is 13.5. The Morgan fingerprint density at radius 2 is 1.42 bits per heavy atom. The van der Waals surface area contributed by atoms with E-state index in [-0.39, 0.29) is 0 Å². The van der Waals surface area contributed by atoms with Crippen LogP contribution in [0.25, 0.3) is 0 Å². The van der Waals surface area contributed by atoms with E-state index in [1.807, 2.05) is 13.8 Å². The van der Waals surface area contributed by atoms with Crippen LogP contribution in [0.5, 0.6) is 0 Å². The number of fused-ring (bicyclic) bond motifs is 2. The molecule has 0 amide bonds. The van der Waals surface area contributed by atoms with Crippen LogP contribution in [0.1, 0.15) is 83.8 Å². The van der Waals surface area contributed by atoms with Gasteiger partial charge in [0.15, 0.2) is 0 Å². The highest BCUT2D eigenvalue weighted by atomic mass is 14.4. The predicted octanol–water partition coefficient (Wildman–Crippen LogP) is 6.28. The highest BCUT2D eigenvalue weighted by Crippen LogP contribution is 2.48. The summed E-state index contributed by atoms with van der Waals surface area (Å²) in [7, 11) is 0. The van der Waals surface area contributed by atoms with Crippen molar-refractivity contribution >= 4 is 0 Å². The van der Waals surface area contributed by atoms with Gasteiger partial charge in [-0.1, -0.05) is 71.2 Å². The minimum atomic E-state index is 0.606. The predicted molar refractivity (Wildman–Crippen MR) is 86.8 cm³/mol. The van der Waals surface area contributed by atoms with Crippen molar-refractivity contribution < 1.29 is 0 Å². The second-order valence-electron chi connectivity index (χ2n) is 5.71. The van der Waals surface area contributed by atoms with Gasteiger partial charge >= 0.3 is 0 Å². The molecule has 2 aliphatic carbocycles. The average molecular weight is 260 g/mol.